The summed E-state index contributed by atoms with van der Waals surface area (Å²) in [6.45, 7) is 2.44. The van der Waals surface area contributed by atoms with Crippen LogP contribution in [-0.4, -0.2) is 34.0 Å². The second-order valence-electron chi connectivity index (χ2n) is 6.75. The van der Waals surface area contributed by atoms with Crippen LogP contribution in [0.4, 0.5) is 0 Å². The van der Waals surface area contributed by atoms with Gasteiger partial charge in [-0.2, -0.15) is 0 Å². The van der Waals surface area contributed by atoms with Crippen LogP contribution in [0.5, 0.6) is 0 Å². The third kappa shape index (κ3) is 2.10. The Morgan fingerprint density at radius 1 is 1.41 bits per heavy atom. The standard InChI is InChI=1S/C18H20N2O2/c21-17(22)18-7-1-4-15(18)11-20(12-18)10-13-5-6-16-14(9-13)3-2-8-19-16/h2-3,5-6,8-9,15H,1,4,7,10-12H2,(H,21,22)/t15-,18+/m0/s1. The van der Waals surface area contributed by atoms with Crippen molar-refractivity contribution < 1.29 is 9.90 Å². The van der Waals surface area contributed by atoms with Crippen molar-refractivity contribution in [1.82, 2.24) is 9.88 Å². The number of hydrogen-bond donors (Lipinski definition) is 1. The van der Waals surface area contributed by atoms with E-state index in [4.69, 9.17) is 0 Å². The Bertz CT molecular complexity index is 730. The Hall–Kier alpha value is -1.94. The van der Waals surface area contributed by atoms with E-state index in [2.05, 4.69) is 34.1 Å². The van der Waals surface area contributed by atoms with Gasteiger partial charge in [-0.25, -0.2) is 0 Å². The fourth-order valence-electron chi connectivity index (χ4n) is 4.35. The van der Waals surface area contributed by atoms with Crippen molar-refractivity contribution in [2.75, 3.05) is 13.1 Å². The molecule has 0 bridgehead atoms. The van der Waals surface area contributed by atoms with Crippen LogP contribution >= 0.6 is 0 Å². The average molecular weight is 296 g/mol. The van der Waals surface area contributed by atoms with E-state index in [0.717, 1.165) is 43.3 Å². The molecule has 2 fully saturated rings. The van der Waals surface area contributed by atoms with Crippen molar-refractivity contribution in [1.29, 1.82) is 0 Å². The van der Waals surface area contributed by atoms with E-state index in [1.165, 1.54) is 5.56 Å². The third-order valence-corrected chi connectivity index (χ3v) is 5.44. The molecule has 0 amide bonds. The van der Waals surface area contributed by atoms with Crippen molar-refractivity contribution in [2.45, 2.75) is 25.8 Å². The maximum atomic E-state index is 11.7. The van der Waals surface area contributed by atoms with E-state index in [0.29, 0.717) is 12.5 Å². The van der Waals surface area contributed by atoms with E-state index in [-0.39, 0.29) is 0 Å². The highest BCUT2D eigenvalue weighted by molar-refractivity contribution is 5.79. The molecular formula is C18H20N2O2. The summed E-state index contributed by atoms with van der Waals surface area (Å²) in [5, 5.41) is 10.8. The first-order chi connectivity index (χ1) is 10.7. The molecule has 1 aromatic carbocycles. The topological polar surface area (TPSA) is 53.4 Å². The lowest BCUT2D eigenvalue weighted by Crippen LogP contribution is -2.35. The van der Waals surface area contributed by atoms with E-state index in [1.54, 1.807) is 6.20 Å². The number of carbonyl (C=O) groups is 1. The Balaban J connectivity index is 1.55. The number of benzene rings is 1. The molecule has 22 heavy (non-hydrogen) atoms. The van der Waals surface area contributed by atoms with Gasteiger partial charge in [0.25, 0.3) is 0 Å². The number of aromatic nitrogens is 1. The van der Waals surface area contributed by atoms with Crippen LogP contribution < -0.4 is 0 Å². The second-order valence-corrected chi connectivity index (χ2v) is 6.75. The molecule has 2 atom stereocenters. The Labute approximate surface area is 129 Å². The lowest BCUT2D eigenvalue weighted by Gasteiger charge is -2.23. The Morgan fingerprint density at radius 3 is 3.14 bits per heavy atom. The van der Waals surface area contributed by atoms with Crippen LogP contribution in [0.3, 0.4) is 0 Å². The van der Waals surface area contributed by atoms with Gasteiger partial charge in [-0.05, 0) is 42.5 Å². The number of likely N-dealkylation sites (tertiary alicyclic amines) is 1. The zero-order chi connectivity index (χ0) is 15.2. The van der Waals surface area contributed by atoms with Crippen LogP contribution in [0, 0.1) is 11.3 Å². The van der Waals surface area contributed by atoms with Gasteiger partial charge in [0.15, 0.2) is 0 Å². The fraction of sp³-hybridized carbons (Fsp3) is 0.444. The van der Waals surface area contributed by atoms with Gasteiger partial charge in [-0.3, -0.25) is 14.7 Å². The molecule has 0 radical (unpaired) electrons. The first-order valence-corrected chi connectivity index (χ1v) is 7.97. The summed E-state index contributed by atoms with van der Waals surface area (Å²) in [4.78, 5) is 18.4. The molecule has 4 rings (SSSR count). The molecule has 114 valence electrons. The van der Waals surface area contributed by atoms with Crippen LogP contribution in [0.1, 0.15) is 24.8 Å². The minimum absolute atomic E-state index is 0.326. The van der Waals surface area contributed by atoms with Gasteiger partial charge in [0, 0.05) is 31.2 Å². The van der Waals surface area contributed by atoms with Gasteiger partial charge in [-0.15, -0.1) is 0 Å². The molecule has 1 aromatic heterocycles. The summed E-state index contributed by atoms with van der Waals surface area (Å²) in [5.41, 5.74) is 1.76. The molecular weight excluding hydrogens is 276 g/mol. The maximum absolute atomic E-state index is 11.7. The third-order valence-electron chi connectivity index (χ3n) is 5.44. The van der Waals surface area contributed by atoms with E-state index in [9.17, 15) is 9.90 Å². The SMILES string of the molecule is O=C(O)[C@@]12CCC[C@H]1CN(Cc1ccc3ncccc3c1)C2. The largest absolute Gasteiger partial charge is 0.481 e. The number of carboxylic acid groups (broad SMARTS) is 1. The second kappa shape index (κ2) is 5.06. The number of rotatable bonds is 3. The molecule has 1 aliphatic heterocycles. The van der Waals surface area contributed by atoms with Crippen LogP contribution in [0.2, 0.25) is 0 Å². The van der Waals surface area contributed by atoms with Crippen molar-refractivity contribution in [2.24, 2.45) is 11.3 Å². The Kier molecular flexibility index (Phi) is 3.15. The normalized spacial score (nSPS) is 28.1. The number of carboxylic acids is 1. The predicted octanol–water partition coefficient (Wildman–Crippen LogP) is 2.92. The summed E-state index contributed by atoms with van der Waals surface area (Å²) in [6.07, 6.45) is 4.77. The highest BCUT2D eigenvalue weighted by Crippen LogP contribution is 2.49. The molecule has 4 heteroatoms. The van der Waals surface area contributed by atoms with Crippen molar-refractivity contribution in [3.8, 4) is 0 Å². The summed E-state index contributed by atoms with van der Waals surface area (Å²) in [6, 6.07) is 10.4. The van der Waals surface area contributed by atoms with Gasteiger partial charge in [0.2, 0.25) is 0 Å². The molecule has 1 N–H and O–H groups in total. The Morgan fingerprint density at radius 2 is 2.32 bits per heavy atom. The number of fused-ring (bicyclic) bond motifs is 2. The summed E-state index contributed by atoms with van der Waals surface area (Å²) in [5.74, 6) is -0.271. The quantitative estimate of drug-likeness (QED) is 0.946. The highest BCUT2D eigenvalue weighted by Gasteiger charge is 2.54. The van der Waals surface area contributed by atoms with Crippen molar-refractivity contribution in [3.05, 3.63) is 42.1 Å². The maximum Gasteiger partial charge on any atom is 0.311 e. The average Bonchev–Trinajstić information content (AvgIpc) is 3.05. The monoisotopic (exact) mass is 296 g/mol. The minimum Gasteiger partial charge on any atom is -0.481 e. The summed E-state index contributed by atoms with van der Waals surface area (Å²) < 4.78 is 0. The molecule has 1 saturated carbocycles. The van der Waals surface area contributed by atoms with Crippen LogP contribution in [0.15, 0.2) is 36.5 Å². The zero-order valence-electron chi connectivity index (χ0n) is 12.5. The number of aliphatic carboxylic acids is 1. The molecule has 2 heterocycles. The van der Waals surface area contributed by atoms with Gasteiger partial charge in [-0.1, -0.05) is 18.6 Å². The molecule has 2 aliphatic rings. The molecule has 0 unspecified atom stereocenters. The van der Waals surface area contributed by atoms with Crippen LogP contribution in [0.25, 0.3) is 10.9 Å². The van der Waals surface area contributed by atoms with E-state index < -0.39 is 11.4 Å². The number of nitrogens with zero attached hydrogens (tertiary/aromatic N) is 2. The first-order valence-electron chi connectivity index (χ1n) is 7.97. The van der Waals surface area contributed by atoms with Gasteiger partial charge < -0.3 is 5.11 Å². The summed E-state index contributed by atoms with van der Waals surface area (Å²) >= 11 is 0. The highest BCUT2D eigenvalue weighted by atomic mass is 16.4. The van der Waals surface area contributed by atoms with Gasteiger partial charge >= 0.3 is 5.97 Å². The molecule has 1 saturated heterocycles. The first kappa shape index (κ1) is 13.7. The van der Waals surface area contributed by atoms with E-state index >= 15 is 0 Å². The zero-order valence-corrected chi connectivity index (χ0v) is 12.5. The molecule has 2 aromatic rings. The molecule has 1 aliphatic carbocycles. The lowest BCUT2D eigenvalue weighted by atomic mass is 9.81. The minimum atomic E-state index is -0.597. The smallest absolute Gasteiger partial charge is 0.311 e. The fourth-order valence-corrected chi connectivity index (χ4v) is 4.35. The molecule has 0 spiro atoms. The summed E-state index contributed by atoms with van der Waals surface area (Å²) in [7, 11) is 0. The van der Waals surface area contributed by atoms with E-state index in [1.807, 2.05) is 6.07 Å². The van der Waals surface area contributed by atoms with Crippen molar-refractivity contribution >= 4 is 16.9 Å². The molecule has 4 nitrogen and oxygen atoms in total. The number of pyridine rings is 1. The number of hydrogen-bond acceptors (Lipinski definition) is 3. The predicted molar refractivity (Wildman–Crippen MR) is 84.4 cm³/mol. The van der Waals surface area contributed by atoms with Gasteiger partial charge in [0.1, 0.15) is 0 Å². The lowest BCUT2D eigenvalue weighted by molar-refractivity contribution is -0.149. The van der Waals surface area contributed by atoms with Crippen LogP contribution in [-0.2, 0) is 11.3 Å². The van der Waals surface area contributed by atoms with Gasteiger partial charge in [0.05, 0.1) is 10.9 Å². The van der Waals surface area contributed by atoms with Crippen molar-refractivity contribution in [3.63, 3.8) is 0 Å².